The van der Waals surface area contributed by atoms with Gasteiger partial charge in [0.25, 0.3) is 0 Å². The largest absolute Gasteiger partial charge is 0.453 e. The summed E-state index contributed by atoms with van der Waals surface area (Å²) in [6.45, 7) is 1.83. The molecule has 0 radical (unpaired) electrons. The molecule has 1 atom stereocenters. The van der Waals surface area contributed by atoms with E-state index in [2.05, 4.69) is 27.8 Å². The molecule has 1 rings (SSSR count). The van der Waals surface area contributed by atoms with Gasteiger partial charge in [0.15, 0.2) is 4.67 Å². The van der Waals surface area contributed by atoms with E-state index in [-0.39, 0.29) is 6.04 Å². The highest BCUT2D eigenvalue weighted by molar-refractivity contribution is 9.10. The maximum absolute atomic E-state index is 5.87. The Labute approximate surface area is 86.6 Å². The minimum absolute atomic E-state index is 0.0489. The minimum Gasteiger partial charge on any atom is -0.453 e. The molecule has 0 saturated carbocycles. The van der Waals surface area contributed by atoms with Crippen LogP contribution >= 0.6 is 15.9 Å². The molecule has 0 aliphatic carbocycles. The van der Waals surface area contributed by atoms with E-state index in [1.54, 1.807) is 0 Å². The summed E-state index contributed by atoms with van der Waals surface area (Å²) in [5.74, 6) is 6.62. The molecule has 0 saturated heterocycles. The molecule has 0 fully saturated rings. The molecule has 1 heterocycles. The fourth-order valence-corrected chi connectivity index (χ4v) is 1.34. The van der Waals surface area contributed by atoms with Crippen LogP contribution in [0.25, 0.3) is 0 Å². The molecule has 0 bridgehead atoms. The molecule has 0 aromatic carbocycles. The van der Waals surface area contributed by atoms with Crippen molar-refractivity contribution in [2.24, 2.45) is 5.73 Å². The van der Waals surface area contributed by atoms with Crippen LogP contribution < -0.4 is 5.73 Å². The predicted molar refractivity (Wildman–Crippen MR) is 56.0 cm³/mol. The maximum Gasteiger partial charge on any atom is 0.169 e. The van der Waals surface area contributed by atoms with Crippen molar-refractivity contribution >= 4 is 15.9 Å². The Hall–Kier alpha value is -0.720. The van der Waals surface area contributed by atoms with Crippen LogP contribution in [0.3, 0.4) is 0 Å². The van der Waals surface area contributed by atoms with Gasteiger partial charge in [-0.3, -0.25) is 0 Å². The zero-order valence-corrected chi connectivity index (χ0v) is 9.10. The van der Waals surface area contributed by atoms with Gasteiger partial charge in [-0.1, -0.05) is 0 Å². The average Bonchev–Trinajstić information content (AvgIpc) is 2.52. The van der Waals surface area contributed by atoms with Crippen LogP contribution in [0.1, 0.15) is 31.6 Å². The SMILES string of the molecule is CC#CCCC(N)c1ccc(Br)o1. The molecule has 0 amide bonds. The molecule has 70 valence electrons. The van der Waals surface area contributed by atoms with Crippen molar-refractivity contribution in [2.75, 3.05) is 0 Å². The summed E-state index contributed by atoms with van der Waals surface area (Å²) in [4.78, 5) is 0. The summed E-state index contributed by atoms with van der Waals surface area (Å²) in [6.07, 6.45) is 1.65. The first kappa shape index (κ1) is 10.4. The van der Waals surface area contributed by atoms with Crippen LogP contribution in [0.2, 0.25) is 0 Å². The zero-order chi connectivity index (χ0) is 9.68. The van der Waals surface area contributed by atoms with Crippen LogP contribution in [0.5, 0.6) is 0 Å². The molecule has 2 nitrogen and oxygen atoms in total. The predicted octanol–water partition coefficient (Wildman–Crippen LogP) is 2.85. The number of halogens is 1. The third kappa shape index (κ3) is 3.25. The van der Waals surface area contributed by atoms with E-state index >= 15 is 0 Å². The first-order valence-corrected chi connectivity index (χ1v) is 4.93. The van der Waals surface area contributed by atoms with Crippen LogP contribution in [-0.2, 0) is 0 Å². The third-order valence-electron chi connectivity index (χ3n) is 1.72. The number of nitrogens with two attached hydrogens (primary N) is 1. The quantitative estimate of drug-likeness (QED) is 0.827. The van der Waals surface area contributed by atoms with Crippen LogP contribution in [0, 0.1) is 11.8 Å². The lowest BCUT2D eigenvalue weighted by atomic mass is 10.1. The molecule has 2 N–H and O–H groups in total. The highest BCUT2D eigenvalue weighted by Crippen LogP contribution is 2.21. The van der Waals surface area contributed by atoms with Gasteiger partial charge in [-0.2, -0.15) is 0 Å². The highest BCUT2D eigenvalue weighted by atomic mass is 79.9. The van der Waals surface area contributed by atoms with Gasteiger partial charge in [0.1, 0.15) is 5.76 Å². The van der Waals surface area contributed by atoms with E-state index < -0.39 is 0 Å². The van der Waals surface area contributed by atoms with E-state index in [1.165, 1.54) is 0 Å². The molecule has 13 heavy (non-hydrogen) atoms. The zero-order valence-electron chi connectivity index (χ0n) is 7.51. The molecular formula is C10H12BrNO. The van der Waals surface area contributed by atoms with E-state index in [4.69, 9.17) is 10.2 Å². The number of furan rings is 1. The first-order chi connectivity index (χ1) is 6.24. The van der Waals surface area contributed by atoms with Gasteiger partial charge in [-0.25, -0.2) is 0 Å². The standard InChI is InChI=1S/C10H12BrNO/c1-2-3-4-5-8(12)9-6-7-10(11)13-9/h6-8H,4-5,12H2,1H3. The Kier molecular flexibility index (Phi) is 4.07. The summed E-state index contributed by atoms with van der Waals surface area (Å²) in [6, 6.07) is 3.68. The normalized spacial score (nSPS) is 11.9. The smallest absolute Gasteiger partial charge is 0.169 e. The Balaban J connectivity index is 2.47. The van der Waals surface area contributed by atoms with Gasteiger partial charge >= 0.3 is 0 Å². The second-order valence-corrected chi connectivity index (χ2v) is 3.50. The van der Waals surface area contributed by atoms with Gasteiger partial charge in [0.2, 0.25) is 0 Å². The number of hydrogen-bond donors (Lipinski definition) is 1. The topological polar surface area (TPSA) is 39.2 Å². The molecule has 1 unspecified atom stereocenters. The summed E-state index contributed by atoms with van der Waals surface area (Å²) < 4.78 is 6.04. The number of rotatable bonds is 3. The second kappa shape index (κ2) is 5.11. The van der Waals surface area contributed by atoms with E-state index in [0.717, 1.165) is 23.3 Å². The van der Waals surface area contributed by atoms with Crippen molar-refractivity contribution in [1.29, 1.82) is 0 Å². The lowest BCUT2D eigenvalue weighted by Gasteiger charge is -2.04. The van der Waals surface area contributed by atoms with Crippen molar-refractivity contribution in [3.05, 3.63) is 22.6 Å². The Bertz CT molecular complexity index is 321. The lowest BCUT2D eigenvalue weighted by Crippen LogP contribution is -2.08. The molecule has 0 spiro atoms. The summed E-state index contributed by atoms with van der Waals surface area (Å²) in [5, 5.41) is 0. The molecule has 3 heteroatoms. The summed E-state index contributed by atoms with van der Waals surface area (Å²) in [7, 11) is 0. The van der Waals surface area contributed by atoms with Crippen LogP contribution in [-0.4, -0.2) is 0 Å². The van der Waals surface area contributed by atoms with Gasteiger partial charge in [-0.15, -0.1) is 11.8 Å². The second-order valence-electron chi connectivity index (χ2n) is 2.71. The molecule has 1 aromatic heterocycles. The van der Waals surface area contributed by atoms with Crippen molar-refractivity contribution in [2.45, 2.75) is 25.8 Å². The third-order valence-corrected chi connectivity index (χ3v) is 2.14. The van der Waals surface area contributed by atoms with Crippen LogP contribution in [0.15, 0.2) is 21.2 Å². The molecule has 0 aliphatic heterocycles. The summed E-state index contributed by atoms with van der Waals surface area (Å²) in [5.41, 5.74) is 5.87. The van der Waals surface area contributed by atoms with Crippen molar-refractivity contribution in [1.82, 2.24) is 0 Å². The van der Waals surface area contributed by atoms with E-state index in [9.17, 15) is 0 Å². The Morgan fingerprint density at radius 3 is 2.92 bits per heavy atom. The molecular weight excluding hydrogens is 230 g/mol. The van der Waals surface area contributed by atoms with Crippen LogP contribution in [0.4, 0.5) is 0 Å². The van der Waals surface area contributed by atoms with Gasteiger partial charge in [0.05, 0.1) is 6.04 Å². The average molecular weight is 242 g/mol. The highest BCUT2D eigenvalue weighted by Gasteiger charge is 2.08. The Morgan fingerprint density at radius 2 is 2.38 bits per heavy atom. The first-order valence-electron chi connectivity index (χ1n) is 4.14. The van der Waals surface area contributed by atoms with E-state index in [0.29, 0.717) is 0 Å². The lowest BCUT2D eigenvalue weighted by molar-refractivity contribution is 0.439. The van der Waals surface area contributed by atoms with Crippen molar-refractivity contribution in [3.63, 3.8) is 0 Å². The Morgan fingerprint density at radius 1 is 1.62 bits per heavy atom. The maximum atomic E-state index is 5.87. The fraction of sp³-hybridized carbons (Fsp3) is 0.400. The van der Waals surface area contributed by atoms with Crippen molar-refractivity contribution < 1.29 is 4.42 Å². The molecule has 1 aromatic rings. The van der Waals surface area contributed by atoms with Gasteiger partial charge < -0.3 is 10.2 Å². The fourth-order valence-electron chi connectivity index (χ4n) is 1.02. The van der Waals surface area contributed by atoms with Gasteiger partial charge in [0, 0.05) is 6.42 Å². The molecule has 0 aliphatic rings. The minimum atomic E-state index is -0.0489. The van der Waals surface area contributed by atoms with E-state index in [1.807, 2.05) is 19.1 Å². The van der Waals surface area contributed by atoms with Crippen molar-refractivity contribution in [3.8, 4) is 11.8 Å². The van der Waals surface area contributed by atoms with Gasteiger partial charge in [-0.05, 0) is 41.4 Å². The summed E-state index contributed by atoms with van der Waals surface area (Å²) >= 11 is 3.23. The monoisotopic (exact) mass is 241 g/mol. The number of hydrogen-bond acceptors (Lipinski definition) is 2.